The number of alkyl halides is 1. The Balaban J connectivity index is 1.90. The lowest BCUT2D eigenvalue weighted by atomic mass is 10.1. The maximum absolute atomic E-state index is 13.8. The first-order chi connectivity index (χ1) is 7.75. The highest BCUT2D eigenvalue weighted by Crippen LogP contribution is 2.39. The average Bonchev–Trinajstić information content (AvgIpc) is 2.80. The molecule has 0 aromatic heterocycles. The zero-order chi connectivity index (χ0) is 11.1. The van der Waals surface area contributed by atoms with Crippen molar-refractivity contribution in [2.24, 2.45) is 4.99 Å². The highest BCUT2D eigenvalue weighted by Gasteiger charge is 2.45. The summed E-state index contributed by atoms with van der Waals surface area (Å²) in [4.78, 5) is 4.18. The van der Waals surface area contributed by atoms with Gasteiger partial charge in [-0.2, -0.15) is 5.01 Å². The number of nitrogens with zero attached hydrogens (tertiary/aromatic N) is 2. The van der Waals surface area contributed by atoms with Gasteiger partial charge in [0, 0.05) is 6.42 Å². The van der Waals surface area contributed by atoms with E-state index < -0.39 is 6.17 Å². The molecule has 0 spiro atoms. The van der Waals surface area contributed by atoms with Crippen LogP contribution in [0.3, 0.4) is 0 Å². The van der Waals surface area contributed by atoms with E-state index in [0.717, 1.165) is 5.56 Å². The van der Waals surface area contributed by atoms with E-state index in [4.69, 9.17) is 0 Å². The Labute approximate surface area is 101 Å². The zero-order valence-electron chi connectivity index (χ0n) is 8.48. The molecular formula is C11H11BrFN3. The van der Waals surface area contributed by atoms with Crippen molar-refractivity contribution in [1.29, 1.82) is 0 Å². The van der Waals surface area contributed by atoms with Crippen molar-refractivity contribution in [3.8, 4) is 0 Å². The smallest absolute Gasteiger partial charge is 0.182 e. The number of aliphatic imine (C=N–C) groups is 1. The zero-order valence-corrected chi connectivity index (χ0v) is 10.1. The van der Waals surface area contributed by atoms with Crippen LogP contribution >= 0.6 is 15.9 Å². The molecule has 2 aliphatic heterocycles. The van der Waals surface area contributed by atoms with E-state index in [1.54, 1.807) is 0 Å². The molecule has 3 unspecified atom stereocenters. The van der Waals surface area contributed by atoms with Gasteiger partial charge in [0.15, 0.2) is 10.9 Å². The Hall–Kier alpha value is -0.940. The van der Waals surface area contributed by atoms with Crippen LogP contribution in [0.2, 0.25) is 0 Å². The first-order valence-electron chi connectivity index (χ1n) is 5.23. The lowest BCUT2D eigenvalue weighted by Gasteiger charge is -2.22. The number of benzene rings is 1. The summed E-state index contributed by atoms with van der Waals surface area (Å²) in [5.74, 6) is 0. The van der Waals surface area contributed by atoms with E-state index in [-0.39, 0.29) is 12.2 Å². The van der Waals surface area contributed by atoms with Gasteiger partial charge >= 0.3 is 0 Å². The topological polar surface area (TPSA) is 27.6 Å². The summed E-state index contributed by atoms with van der Waals surface area (Å²) in [7, 11) is 0. The molecule has 3 nitrogen and oxygen atoms in total. The van der Waals surface area contributed by atoms with Crippen LogP contribution < -0.4 is 5.43 Å². The summed E-state index contributed by atoms with van der Waals surface area (Å²) in [6.07, 6.45) is -0.807. The van der Waals surface area contributed by atoms with Gasteiger partial charge in [0.25, 0.3) is 0 Å². The quantitative estimate of drug-likeness (QED) is 0.802. The van der Waals surface area contributed by atoms with Crippen LogP contribution in [0.15, 0.2) is 35.3 Å². The monoisotopic (exact) mass is 283 g/mol. The van der Waals surface area contributed by atoms with Crippen molar-refractivity contribution in [3.05, 3.63) is 35.9 Å². The minimum Gasteiger partial charge on any atom is -0.295 e. The minimum absolute atomic E-state index is 0.0556. The number of rotatable bonds is 1. The van der Waals surface area contributed by atoms with Crippen molar-refractivity contribution in [2.75, 3.05) is 0 Å². The number of fused-ring (bicyclic) bond motifs is 1. The highest BCUT2D eigenvalue weighted by molar-refractivity contribution is 9.18. The Morgan fingerprint density at radius 3 is 2.88 bits per heavy atom. The standard InChI is InChI=1S/C11H11BrFN3/c12-11-14-10-8(13)6-9(16(10)15-11)7-4-2-1-3-5-7/h1-5,8-10H,6H2,(H,14,15). The van der Waals surface area contributed by atoms with E-state index in [1.807, 2.05) is 35.3 Å². The molecule has 1 saturated heterocycles. The van der Waals surface area contributed by atoms with Crippen LogP contribution in [-0.4, -0.2) is 22.1 Å². The minimum atomic E-state index is -0.909. The molecule has 0 amide bonds. The largest absolute Gasteiger partial charge is 0.295 e. The molecule has 16 heavy (non-hydrogen) atoms. The second kappa shape index (κ2) is 3.82. The molecule has 1 aromatic carbocycles. The number of amidine groups is 1. The fourth-order valence-electron chi connectivity index (χ4n) is 2.32. The van der Waals surface area contributed by atoms with Crippen LogP contribution in [0.25, 0.3) is 0 Å². The third kappa shape index (κ3) is 1.55. The molecule has 0 radical (unpaired) electrons. The predicted molar refractivity (Wildman–Crippen MR) is 63.8 cm³/mol. The van der Waals surface area contributed by atoms with E-state index in [0.29, 0.717) is 11.2 Å². The van der Waals surface area contributed by atoms with Crippen molar-refractivity contribution in [2.45, 2.75) is 24.8 Å². The van der Waals surface area contributed by atoms with E-state index in [1.165, 1.54) is 0 Å². The van der Waals surface area contributed by atoms with Crippen LogP contribution in [-0.2, 0) is 0 Å². The fraction of sp³-hybridized carbons (Fsp3) is 0.364. The molecule has 3 rings (SSSR count). The summed E-state index contributed by atoms with van der Waals surface area (Å²) in [5.41, 5.74) is 4.18. The summed E-state index contributed by atoms with van der Waals surface area (Å²) in [5, 5.41) is 1.88. The number of hydrogen-bond donors (Lipinski definition) is 1. The Kier molecular flexibility index (Phi) is 2.44. The van der Waals surface area contributed by atoms with Gasteiger partial charge in [-0.1, -0.05) is 30.3 Å². The second-order valence-corrected chi connectivity index (χ2v) is 4.78. The Bertz CT molecular complexity index is 422. The third-order valence-corrected chi connectivity index (χ3v) is 3.43. The van der Waals surface area contributed by atoms with Crippen molar-refractivity contribution < 1.29 is 4.39 Å². The van der Waals surface area contributed by atoms with Crippen LogP contribution in [0, 0.1) is 0 Å². The summed E-state index contributed by atoms with van der Waals surface area (Å²) < 4.78 is 14.4. The van der Waals surface area contributed by atoms with E-state index >= 15 is 0 Å². The van der Waals surface area contributed by atoms with E-state index in [9.17, 15) is 4.39 Å². The fourth-order valence-corrected chi connectivity index (χ4v) is 2.73. The predicted octanol–water partition coefficient (Wildman–Crippen LogP) is 2.37. The first-order valence-corrected chi connectivity index (χ1v) is 6.02. The molecule has 1 N–H and O–H groups in total. The second-order valence-electron chi connectivity index (χ2n) is 4.03. The summed E-state index contributed by atoms with van der Waals surface area (Å²) in [6.45, 7) is 0. The normalized spacial score (nSPS) is 33.4. The lowest BCUT2D eigenvalue weighted by molar-refractivity contribution is 0.160. The van der Waals surface area contributed by atoms with Gasteiger partial charge in [-0.05, 0) is 21.5 Å². The maximum Gasteiger partial charge on any atom is 0.182 e. The first kappa shape index (κ1) is 10.2. The SMILES string of the molecule is FC1CC(c2ccccc2)N2NC(Br)=NC12. The van der Waals surface area contributed by atoms with Gasteiger partial charge in [-0.3, -0.25) is 5.43 Å². The van der Waals surface area contributed by atoms with Gasteiger partial charge in [-0.15, -0.1) is 0 Å². The van der Waals surface area contributed by atoms with Crippen molar-refractivity contribution >= 4 is 20.7 Å². The van der Waals surface area contributed by atoms with Gasteiger partial charge < -0.3 is 0 Å². The molecule has 2 aliphatic rings. The maximum atomic E-state index is 13.8. The summed E-state index contributed by atoms with van der Waals surface area (Å²) in [6, 6.07) is 10.0. The van der Waals surface area contributed by atoms with E-state index in [2.05, 4.69) is 26.3 Å². The van der Waals surface area contributed by atoms with Crippen LogP contribution in [0.5, 0.6) is 0 Å². The molecule has 5 heteroatoms. The molecular weight excluding hydrogens is 273 g/mol. The van der Waals surface area contributed by atoms with Gasteiger partial charge in [0.1, 0.15) is 6.17 Å². The third-order valence-electron chi connectivity index (χ3n) is 3.04. The molecule has 1 fully saturated rings. The van der Waals surface area contributed by atoms with Crippen LogP contribution in [0.4, 0.5) is 4.39 Å². The Morgan fingerprint density at radius 1 is 1.38 bits per heavy atom. The molecule has 2 heterocycles. The molecule has 0 saturated carbocycles. The molecule has 1 aromatic rings. The molecule has 0 bridgehead atoms. The van der Waals surface area contributed by atoms with Crippen molar-refractivity contribution in [1.82, 2.24) is 10.4 Å². The number of hydrazine groups is 1. The molecule has 0 aliphatic carbocycles. The summed E-state index contributed by atoms with van der Waals surface area (Å²) >= 11 is 3.25. The molecule has 84 valence electrons. The van der Waals surface area contributed by atoms with Gasteiger partial charge in [-0.25, -0.2) is 9.38 Å². The average molecular weight is 284 g/mol. The lowest BCUT2D eigenvalue weighted by Crippen LogP contribution is -2.38. The van der Waals surface area contributed by atoms with Gasteiger partial charge in [0.05, 0.1) is 6.04 Å². The Morgan fingerprint density at radius 2 is 2.12 bits per heavy atom. The van der Waals surface area contributed by atoms with Gasteiger partial charge in [0.2, 0.25) is 0 Å². The highest BCUT2D eigenvalue weighted by atomic mass is 79.9. The molecule has 3 atom stereocenters. The number of hydrogen-bond acceptors (Lipinski definition) is 3. The number of halogens is 2. The van der Waals surface area contributed by atoms with Crippen LogP contribution in [0.1, 0.15) is 18.0 Å². The number of nitrogens with one attached hydrogen (secondary N) is 1. The van der Waals surface area contributed by atoms with Crippen molar-refractivity contribution in [3.63, 3.8) is 0 Å².